The number of hydrogen-bond acceptors (Lipinski definition) is 1. The summed E-state index contributed by atoms with van der Waals surface area (Å²) in [6, 6.07) is 0. The second-order valence-electron chi connectivity index (χ2n) is 7.48. The van der Waals surface area contributed by atoms with Crippen LogP contribution in [0.5, 0.6) is 0 Å². The van der Waals surface area contributed by atoms with Gasteiger partial charge in [-0.05, 0) is 19.3 Å². The van der Waals surface area contributed by atoms with Crippen molar-refractivity contribution in [2.45, 2.75) is 117 Å². The van der Waals surface area contributed by atoms with Gasteiger partial charge in [-0.1, -0.05) is 103 Å². The molecule has 0 aromatic carbocycles. The van der Waals surface area contributed by atoms with Crippen LogP contribution < -0.4 is 15.7 Å². The number of rotatable bonds is 20. The first-order chi connectivity index (χ1) is 12.6. The van der Waals surface area contributed by atoms with Crippen LogP contribution in [0, 0.1) is 0 Å². The van der Waals surface area contributed by atoms with E-state index in [9.17, 15) is 4.57 Å². The zero-order valence-electron chi connectivity index (χ0n) is 17.6. The minimum Gasteiger partial charge on any atom is -0.320 e. The maximum atomic E-state index is 11.8. The highest BCUT2D eigenvalue weighted by molar-refractivity contribution is 7.57. The van der Waals surface area contributed by atoms with Gasteiger partial charge in [-0.2, -0.15) is 0 Å². The van der Waals surface area contributed by atoms with Gasteiger partial charge in [-0.3, -0.25) is 10.1 Å². The predicted molar refractivity (Wildman–Crippen MR) is 117 cm³/mol. The molecule has 1 unspecified atom stereocenters. The van der Waals surface area contributed by atoms with Gasteiger partial charge in [-0.15, -0.1) is 0 Å². The summed E-state index contributed by atoms with van der Waals surface area (Å²) in [5.41, 5.74) is 5.65. The zero-order chi connectivity index (χ0) is 19.3. The molecule has 0 aliphatic carbocycles. The molecule has 0 aromatic heterocycles. The zero-order valence-corrected chi connectivity index (χ0v) is 18.5. The number of hydrogen-bond donors (Lipinski definition) is 3. The van der Waals surface area contributed by atoms with E-state index < -0.39 is 7.59 Å². The molecule has 0 aromatic rings. The van der Waals surface area contributed by atoms with E-state index in [4.69, 9.17) is 5.50 Å². The molecule has 0 heterocycles. The third kappa shape index (κ3) is 20.0. The molecule has 0 spiro atoms. The van der Waals surface area contributed by atoms with Gasteiger partial charge < -0.3 is 5.09 Å². The molecule has 0 saturated heterocycles. The highest BCUT2D eigenvalue weighted by Crippen LogP contribution is 2.23. The van der Waals surface area contributed by atoms with Gasteiger partial charge >= 0.3 is 0 Å². The van der Waals surface area contributed by atoms with Crippen LogP contribution in [0.1, 0.15) is 117 Å². The molecule has 0 fully saturated rings. The summed E-state index contributed by atoms with van der Waals surface area (Å²) in [4.78, 5) is 0. The molecule has 4 nitrogen and oxygen atoms in total. The van der Waals surface area contributed by atoms with Crippen molar-refractivity contribution in [3.63, 3.8) is 0 Å². The average Bonchev–Trinajstić information content (AvgIpc) is 2.62. The fourth-order valence-electron chi connectivity index (χ4n) is 3.03. The number of nitrogens with one attached hydrogen (secondary N) is 2. The second-order valence-corrected chi connectivity index (χ2v) is 9.37. The summed E-state index contributed by atoms with van der Waals surface area (Å²) in [5.74, 6) is 0. The molecule has 0 aliphatic heterocycles. The third-order valence-electron chi connectivity index (χ3n) is 4.71. The molecule has 4 N–H and O–H groups in total. The van der Waals surface area contributed by atoms with Gasteiger partial charge in [0, 0.05) is 12.7 Å². The van der Waals surface area contributed by atoms with Gasteiger partial charge in [0.2, 0.25) is 0 Å². The van der Waals surface area contributed by atoms with Crippen molar-refractivity contribution in [1.82, 2.24) is 10.2 Å². The lowest BCUT2D eigenvalue weighted by Gasteiger charge is -2.13. The Morgan fingerprint density at radius 1 is 0.731 bits per heavy atom. The maximum Gasteiger partial charge on any atom is 0.300 e. The van der Waals surface area contributed by atoms with E-state index in [-0.39, 0.29) is 0 Å². The van der Waals surface area contributed by atoms with E-state index in [1.165, 1.54) is 89.9 Å². The Bertz CT molecular complexity index is 361. The van der Waals surface area contributed by atoms with Crippen molar-refractivity contribution in [1.29, 1.82) is 0 Å². The second kappa shape index (κ2) is 19.5. The summed E-state index contributed by atoms with van der Waals surface area (Å²) in [5, 5.41) is 5.62. The van der Waals surface area contributed by atoms with Gasteiger partial charge in [-0.25, -0.2) is 5.09 Å². The Kier molecular flexibility index (Phi) is 19.2. The first kappa shape index (κ1) is 25.7. The number of unbranched alkanes of at least 4 members (excludes halogenated alkanes) is 14. The van der Waals surface area contributed by atoms with E-state index in [0.29, 0.717) is 6.54 Å². The van der Waals surface area contributed by atoms with Crippen molar-refractivity contribution in [3.8, 4) is 0 Å². The van der Waals surface area contributed by atoms with Crippen LogP contribution in [0.4, 0.5) is 0 Å². The summed E-state index contributed by atoms with van der Waals surface area (Å²) in [7, 11) is -2.89. The van der Waals surface area contributed by atoms with Crippen LogP contribution in [-0.4, -0.2) is 6.54 Å². The van der Waals surface area contributed by atoms with Crippen molar-refractivity contribution >= 4 is 7.59 Å². The minimum absolute atomic E-state index is 0.674. The Morgan fingerprint density at radius 2 is 1.19 bits per heavy atom. The quantitative estimate of drug-likeness (QED) is 0.155. The summed E-state index contributed by atoms with van der Waals surface area (Å²) in [6.45, 7) is 4.98. The lowest BCUT2D eigenvalue weighted by molar-refractivity contribution is 0.536. The average molecular weight is 388 g/mol. The van der Waals surface area contributed by atoms with E-state index >= 15 is 0 Å². The third-order valence-corrected chi connectivity index (χ3v) is 5.93. The van der Waals surface area contributed by atoms with Crippen LogP contribution in [-0.2, 0) is 4.57 Å². The maximum absolute atomic E-state index is 11.8. The van der Waals surface area contributed by atoms with Crippen molar-refractivity contribution in [2.75, 3.05) is 6.54 Å². The Labute approximate surface area is 163 Å². The topological polar surface area (TPSA) is 67.1 Å². The minimum atomic E-state index is -2.89. The largest absolute Gasteiger partial charge is 0.320 e. The smallest absolute Gasteiger partial charge is 0.300 e. The summed E-state index contributed by atoms with van der Waals surface area (Å²) >= 11 is 0. The molecule has 26 heavy (non-hydrogen) atoms. The fraction of sp³-hybridized carbons (Fsp3) is 0.905. The monoisotopic (exact) mass is 387 g/mol. The number of allylic oxidation sites excluding steroid dienone is 1. The molecular weight excluding hydrogens is 341 g/mol. The molecule has 0 saturated carbocycles. The normalized spacial score (nSPS) is 14.0. The molecule has 0 amide bonds. The molecular formula is C21H46N3OP. The molecule has 5 heteroatoms. The van der Waals surface area contributed by atoms with Gasteiger partial charge in [0.05, 0.1) is 0 Å². The van der Waals surface area contributed by atoms with Crippen LogP contribution in [0.3, 0.4) is 0 Å². The first-order valence-electron chi connectivity index (χ1n) is 11.2. The number of nitrogens with two attached hydrogens (primary N) is 1. The van der Waals surface area contributed by atoms with Crippen molar-refractivity contribution in [3.05, 3.63) is 12.3 Å². The summed E-state index contributed by atoms with van der Waals surface area (Å²) in [6.07, 6.45) is 25.1. The van der Waals surface area contributed by atoms with E-state index in [1.807, 2.05) is 13.0 Å². The lowest BCUT2D eigenvalue weighted by Crippen LogP contribution is -2.25. The molecule has 0 radical (unpaired) electrons. The van der Waals surface area contributed by atoms with Crippen LogP contribution in [0.25, 0.3) is 0 Å². The van der Waals surface area contributed by atoms with Crippen LogP contribution >= 0.6 is 7.59 Å². The standard InChI is InChI=1S/C21H46N3OP/c1-3-5-6-7-8-9-10-11-12-13-14-15-16-17-18-19-21-24-26(22,25)23-20-4-2/h19,21H,3-18,20H2,1-2H3,(H4,22,23,24,25). The SMILES string of the molecule is CCCCCCCCCCCCCCCCC=CNP(N)(=O)NCCC. The van der Waals surface area contributed by atoms with E-state index in [1.54, 1.807) is 6.20 Å². The predicted octanol–water partition coefficient (Wildman–Crippen LogP) is 7.03. The molecule has 0 rings (SSSR count). The highest BCUT2D eigenvalue weighted by atomic mass is 31.2. The lowest BCUT2D eigenvalue weighted by atomic mass is 10.0. The molecule has 156 valence electrons. The van der Waals surface area contributed by atoms with Crippen molar-refractivity contribution in [2.24, 2.45) is 5.50 Å². The Balaban J connectivity index is 3.24. The highest BCUT2D eigenvalue weighted by Gasteiger charge is 2.09. The van der Waals surface area contributed by atoms with Gasteiger partial charge in [0.25, 0.3) is 7.59 Å². The van der Waals surface area contributed by atoms with Gasteiger partial charge in [0.15, 0.2) is 0 Å². The molecule has 0 bridgehead atoms. The van der Waals surface area contributed by atoms with E-state index in [0.717, 1.165) is 12.8 Å². The molecule has 1 atom stereocenters. The first-order valence-corrected chi connectivity index (χ1v) is 13.0. The van der Waals surface area contributed by atoms with E-state index in [2.05, 4.69) is 17.1 Å². The fourth-order valence-corrected chi connectivity index (χ4v) is 4.00. The summed E-state index contributed by atoms with van der Waals surface area (Å²) < 4.78 is 11.8. The van der Waals surface area contributed by atoms with Gasteiger partial charge in [0.1, 0.15) is 0 Å². The van der Waals surface area contributed by atoms with Crippen LogP contribution in [0.2, 0.25) is 0 Å². The molecule has 0 aliphatic rings. The van der Waals surface area contributed by atoms with Crippen LogP contribution in [0.15, 0.2) is 12.3 Å². The Hall–Kier alpha value is -0.310. The van der Waals surface area contributed by atoms with Crippen molar-refractivity contribution < 1.29 is 4.57 Å². The Morgan fingerprint density at radius 3 is 1.65 bits per heavy atom.